The van der Waals surface area contributed by atoms with Crippen LogP contribution in [0.15, 0.2) is 24.3 Å². The first-order valence-corrected chi connectivity index (χ1v) is 8.11. The molecule has 0 aliphatic heterocycles. The van der Waals surface area contributed by atoms with Crippen LogP contribution in [-0.2, 0) is 22.8 Å². The van der Waals surface area contributed by atoms with Crippen molar-refractivity contribution in [2.75, 3.05) is 32.1 Å². The van der Waals surface area contributed by atoms with Gasteiger partial charge in [-0.05, 0) is 24.6 Å². The van der Waals surface area contributed by atoms with Crippen molar-refractivity contribution >= 4 is 9.84 Å². The maximum Gasteiger partial charge on any atom is 0.148 e. The maximum absolute atomic E-state index is 11.1. The van der Waals surface area contributed by atoms with Crippen molar-refractivity contribution < 1.29 is 8.42 Å². The summed E-state index contributed by atoms with van der Waals surface area (Å²) in [7, 11) is -0.936. The molecule has 0 radical (unpaired) electrons. The quantitative estimate of drug-likeness (QED) is 0.791. The monoisotopic (exact) mass is 270 g/mol. The van der Waals surface area contributed by atoms with Gasteiger partial charge in [0.15, 0.2) is 0 Å². The highest BCUT2D eigenvalue weighted by Crippen LogP contribution is 2.09. The number of nitrogens with two attached hydrogens (primary N) is 1. The van der Waals surface area contributed by atoms with Gasteiger partial charge < -0.3 is 10.6 Å². The van der Waals surface area contributed by atoms with Gasteiger partial charge in [0.05, 0.1) is 5.75 Å². The number of hydrogen-bond acceptors (Lipinski definition) is 4. The summed E-state index contributed by atoms with van der Waals surface area (Å²) in [4.78, 5) is 2.04. The molecular weight excluding hydrogens is 248 g/mol. The van der Waals surface area contributed by atoms with Gasteiger partial charge in [0.25, 0.3) is 0 Å². The van der Waals surface area contributed by atoms with Gasteiger partial charge >= 0.3 is 0 Å². The lowest BCUT2D eigenvalue weighted by atomic mass is 10.0. The van der Waals surface area contributed by atoms with Crippen molar-refractivity contribution in [3.8, 4) is 0 Å². The molecule has 2 N–H and O–H groups in total. The predicted octanol–water partition coefficient (Wildman–Crippen LogP) is 0.664. The Labute approximate surface area is 110 Å². The Morgan fingerprint density at radius 1 is 1.17 bits per heavy atom. The van der Waals surface area contributed by atoms with Crippen molar-refractivity contribution in [3.63, 3.8) is 0 Å². The average molecular weight is 270 g/mol. The fraction of sp³-hybridized carbons (Fsp3) is 0.538. The van der Waals surface area contributed by atoms with E-state index in [2.05, 4.69) is 6.07 Å². The Hall–Kier alpha value is -0.910. The minimum atomic E-state index is -2.88. The molecule has 0 amide bonds. The second kappa shape index (κ2) is 6.87. The molecule has 18 heavy (non-hydrogen) atoms. The zero-order chi connectivity index (χ0) is 13.6. The normalized spacial score (nSPS) is 12.0. The van der Waals surface area contributed by atoms with Gasteiger partial charge in [-0.3, -0.25) is 0 Å². The molecule has 4 nitrogen and oxygen atoms in total. The van der Waals surface area contributed by atoms with Crippen LogP contribution in [0.25, 0.3) is 0 Å². The number of hydrogen-bond donors (Lipinski definition) is 1. The lowest BCUT2D eigenvalue weighted by Gasteiger charge is -2.17. The van der Waals surface area contributed by atoms with Crippen LogP contribution in [0.1, 0.15) is 11.1 Å². The highest BCUT2D eigenvalue weighted by molar-refractivity contribution is 7.90. The first kappa shape index (κ1) is 15.1. The summed E-state index contributed by atoms with van der Waals surface area (Å²) >= 11 is 0. The number of likely N-dealkylation sites (N-methyl/N-ethyl adjacent to an activating group) is 1. The van der Waals surface area contributed by atoms with Gasteiger partial charge in [-0.15, -0.1) is 0 Å². The standard InChI is InChI=1S/C13H22N2O2S/c1-15(9-10-18(2,16)17)8-7-12-5-3-4-6-13(12)11-14/h3-6H,7-11,14H2,1-2H3. The van der Waals surface area contributed by atoms with Crippen LogP contribution >= 0.6 is 0 Å². The van der Waals surface area contributed by atoms with E-state index in [1.165, 1.54) is 11.8 Å². The third-order valence-corrected chi connectivity index (χ3v) is 3.87. The van der Waals surface area contributed by atoms with E-state index in [1.807, 2.05) is 30.1 Å². The van der Waals surface area contributed by atoms with Crippen LogP contribution in [0.3, 0.4) is 0 Å². The minimum absolute atomic E-state index is 0.210. The average Bonchev–Trinajstić information content (AvgIpc) is 2.33. The van der Waals surface area contributed by atoms with Gasteiger partial charge in [0, 0.05) is 25.9 Å². The Kier molecular flexibility index (Phi) is 5.78. The van der Waals surface area contributed by atoms with Crippen molar-refractivity contribution in [2.24, 2.45) is 5.73 Å². The Balaban J connectivity index is 2.45. The molecule has 1 aromatic carbocycles. The smallest absolute Gasteiger partial charge is 0.148 e. The molecule has 0 spiro atoms. The minimum Gasteiger partial charge on any atom is -0.326 e. The molecule has 0 aromatic heterocycles. The molecule has 0 unspecified atom stereocenters. The number of sulfone groups is 1. The van der Waals surface area contributed by atoms with Crippen LogP contribution in [0.2, 0.25) is 0 Å². The van der Waals surface area contributed by atoms with Crippen molar-refractivity contribution in [1.29, 1.82) is 0 Å². The molecule has 5 heteroatoms. The molecule has 0 saturated heterocycles. The number of nitrogens with zero attached hydrogens (tertiary/aromatic N) is 1. The zero-order valence-electron chi connectivity index (χ0n) is 11.1. The first-order valence-electron chi connectivity index (χ1n) is 6.05. The van der Waals surface area contributed by atoms with E-state index in [9.17, 15) is 8.42 Å². The fourth-order valence-electron chi connectivity index (χ4n) is 1.75. The van der Waals surface area contributed by atoms with Crippen LogP contribution in [0.5, 0.6) is 0 Å². The molecule has 1 aromatic rings. The van der Waals surface area contributed by atoms with Crippen LogP contribution in [0, 0.1) is 0 Å². The molecule has 0 saturated carbocycles. The predicted molar refractivity (Wildman–Crippen MR) is 75.2 cm³/mol. The SMILES string of the molecule is CN(CCc1ccccc1CN)CCS(C)(=O)=O. The first-order chi connectivity index (χ1) is 8.42. The van der Waals surface area contributed by atoms with Gasteiger partial charge in [0.2, 0.25) is 0 Å². The number of benzene rings is 1. The summed E-state index contributed by atoms with van der Waals surface area (Å²) in [6.45, 7) is 1.96. The molecule has 0 aliphatic rings. The van der Waals surface area contributed by atoms with E-state index >= 15 is 0 Å². The molecule has 0 aliphatic carbocycles. The third kappa shape index (κ3) is 5.62. The lowest BCUT2D eigenvalue weighted by molar-refractivity contribution is 0.357. The second-order valence-electron chi connectivity index (χ2n) is 4.66. The molecule has 102 valence electrons. The Bertz CT molecular complexity index is 472. The topological polar surface area (TPSA) is 63.4 Å². The maximum atomic E-state index is 11.1. The Morgan fingerprint density at radius 3 is 2.33 bits per heavy atom. The van der Waals surface area contributed by atoms with Gasteiger partial charge in [-0.2, -0.15) is 0 Å². The zero-order valence-corrected chi connectivity index (χ0v) is 11.9. The van der Waals surface area contributed by atoms with Crippen molar-refractivity contribution in [2.45, 2.75) is 13.0 Å². The molecule has 1 rings (SSSR count). The third-order valence-electron chi connectivity index (χ3n) is 2.94. The van der Waals surface area contributed by atoms with Gasteiger partial charge in [-0.1, -0.05) is 24.3 Å². The van der Waals surface area contributed by atoms with Crippen molar-refractivity contribution in [3.05, 3.63) is 35.4 Å². The number of rotatable bonds is 7. The van der Waals surface area contributed by atoms with Crippen molar-refractivity contribution in [1.82, 2.24) is 4.90 Å². The van der Waals surface area contributed by atoms with Crippen LogP contribution < -0.4 is 5.73 Å². The van der Waals surface area contributed by atoms with Gasteiger partial charge in [0.1, 0.15) is 9.84 Å². The second-order valence-corrected chi connectivity index (χ2v) is 6.92. The van der Waals surface area contributed by atoms with E-state index in [-0.39, 0.29) is 5.75 Å². The van der Waals surface area contributed by atoms with E-state index in [0.717, 1.165) is 18.5 Å². The molecular formula is C13H22N2O2S. The molecule has 0 atom stereocenters. The summed E-state index contributed by atoms with van der Waals surface area (Å²) in [5, 5.41) is 0. The highest BCUT2D eigenvalue weighted by Gasteiger charge is 2.06. The van der Waals surface area contributed by atoms with E-state index in [0.29, 0.717) is 13.1 Å². The van der Waals surface area contributed by atoms with Crippen LogP contribution in [-0.4, -0.2) is 45.5 Å². The molecule has 0 heterocycles. The molecule has 0 fully saturated rings. The van der Waals surface area contributed by atoms with Gasteiger partial charge in [-0.25, -0.2) is 8.42 Å². The lowest BCUT2D eigenvalue weighted by Crippen LogP contribution is -2.27. The largest absolute Gasteiger partial charge is 0.326 e. The van der Waals surface area contributed by atoms with E-state index in [1.54, 1.807) is 0 Å². The van der Waals surface area contributed by atoms with E-state index < -0.39 is 9.84 Å². The Morgan fingerprint density at radius 2 is 1.78 bits per heavy atom. The summed E-state index contributed by atoms with van der Waals surface area (Å²) in [5.41, 5.74) is 8.08. The molecule has 0 bridgehead atoms. The summed E-state index contributed by atoms with van der Waals surface area (Å²) in [6, 6.07) is 8.10. The van der Waals surface area contributed by atoms with E-state index in [4.69, 9.17) is 5.73 Å². The fourth-order valence-corrected chi connectivity index (χ4v) is 2.39. The van der Waals surface area contributed by atoms with Crippen LogP contribution in [0.4, 0.5) is 0 Å². The summed E-state index contributed by atoms with van der Waals surface area (Å²) in [6.07, 6.45) is 2.16. The summed E-state index contributed by atoms with van der Waals surface area (Å²) in [5.74, 6) is 0.210. The summed E-state index contributed by atoms with van der Waals surface area (Å²) < 4.78 is 22.1. The highest BCUT2D eigenvalue weighted by atomic mass is 32.2.